The largest absolute Gasteiger partial charge is 0.461 e. The van der Waals surface area contributed by atoms with E-state index < -0.39 is 0 Å². The van der Waals surface area contributed by atoms with Crippen LogP contribution >= 0.6 is 0 Å². The molecular formula is C13H16N2O4. The van der Waals surface area contributed by atoms with Gasteiger partial charge in [-0.3, -0.25) is 4.79 Å². The first-order valence-electron chi connectivity index (χ1n) is 6.17. The monoisotopic (exact) mass is 264 g/mol. The predicted octanol–water partition coefficient (Wildman–Crippen LogP) is 1.78. The maximum atomic E-state index is 12.2. The summed E-state index contributed by atoms with van der Waals surface area (Å²) in [5.41, 5.74) is 0.242. The summed E-state index contributed by atoms with van der Waals surface area (Å²) < 4.78 is 10.3. The lowest BCUT2D eigenvalue weighted by Gasteiger charge is -2.18. The molecule has 0 atom stereocenters. The number of carbonyl (C=O) groups excluding carboxylic acids is 1. The van der Waals surface area contributed by atoms with Crippen LogP contribution in [0.2, 0.25) is 0 Å². The average molecular weight is 264 g/mol. The molecule has 0 spiro atoms. The van der Waals surface area contributed by atoms with Crippen LogP contribution in [0, 0.1) is 0 Å². The first kappa shape index (κ1) is 13.4. The van der Waals surface area contributed by atoms with Crippen molar-refractivity contribution in [3.63, 3.8) is 0 Å². The van der Waals surface area contributed by atoms with Crippen LogP contribution in [0.1, 0.15) is 23.8 Å². The number of hydrogen-bond donors (Lipinski definition) is 1. The first-order chi connectivity index (χ1) is 9.26. The normalized spacial score (nSPS) is 10.6. The van der Waals surface area contributed by atoms with E-state index in [1.807, 2.05) is 6.92 Å². The van der Waals surface area contributed by atoms with Gasteiger partial charge in [-0.05, 0) is 25.5 Å². The van der Waals surface area contributed by atoms with Gasteiger partial charge in [0.2, 0.25) is 5.76 Å². The molecular weight excluding hydrogens is 248 g/mol. The highest BCUT2D eigenvalue weighted by atomic mass is 16.5. The van der Waals surface area contributed by atoms with Crippen molar-refractivity contribution in [2.75, 3.05) is 19.7 Å². The molecule has 0 aliphatic rings. The lowest BCUT2D eigenvalue weighted by molar-refractivity contribution is 0.0744. The van der Waals surface area contributed by atoms with E-state index in [2.05, 4.69) is 5.16 Å². The molecule has 0 radical (unpaired) electrons. The second-order valence-electron chi connectivity index (χ2n) is 4.02. The third-order valence-corrected chi connectivity index (χ3v) is 2.75. The van der Waals surface area contributed by atoms with Crippen LogP contribution in [0.25, 0.3) is 11.5 Å². The van der Waals surface area contributed by atoms with Crippen LogP contribution in [0.4, 0.5) is 0 Å². The summed E-state index contributed by atoms with van der Waals surface area (Å²) in [6.07, 6.45) is 2.07. The second kappa shape index (κ2) is 6.19. The van der Waals surface area contributed by atoms with E-state index in [9.17, 15) is 4.79 Å². The Morgan fingerprint density at radius 3 is 2.95 bits per heavy atom. The lowest BCUT2D eigenvalue weighted by Crippen LogP contribution is -2.32. The Kier molecular flexibility index (Phi) is 4.35. The molecule has 0 aromatic carbocycles. The van der Waals surface area contributed by atoms with Crippen molar-refractivity contribution in [2.45, 2.75) is 13.3 Å². The quantitative estimate of drug-likeness (QED) is 0.860. The van der Waals surface area contributed by atoms with E-state index in [1.165, 1.54) is 6.26 Å². The number of aromatic nitrogens is 1. The SMILES string of the molecule is CCN(CCCO)C(=O)c1cc(-c2ccco2)on1. The molecule has 2 aromatic rings. The topological polar surface area (TPSA) is 79.7 Å². The van der Waals surface area contributed by atoms with Crippen LogP contribution in [-0.2, 0) is 0 Å². The number of amides is 1. The van der Waals surface area contributed by atoms with Gasteiger partial charge in [-0.1, -0.05) is 5.16 Å². The van der Waals surface area contributed by atoms with Crippen molar-refractivity contribution >= 4 is 5.91 Å². The van der Waals surface area contributed by atoms with Gasteiger partial charge < -0.3 is 18.9 Å². The zero-order valence-electron chi connectivity index (χ0n) is 10.7. The zero-order valence-corrected chi connectivity index (χ0v) is 10.7. The van der Waals surface area contributed by atoms with E-state index in [1.54, 1.807) is 23.1 Å². The molecule has 6 nitrogen and oxygen atoms in total. The van der Waals surface area contributed by atoms with E-state index >= 15 is 0 Å². The fraction of sp³-hybridized carbons (Fsp3) is 0.385. The van der Waals surface area contributed by atoms with Crippen molar-refractivity contribution in [1.82, 2.24) is 10.1 Å². The molecule has 2 heterocycles. The number of aliphatic hydroxyl groups is 1. The minimum Gasteiger partial charge on any atom is -0.461 e. The third-order valence-electron chi connectivity index (χ3n) is 2.75. The highest BCUT2D eigenvalue weighted by Gasteiger charge is 2.19. The van der Waals surface area contributed by atoms with Gasteiger partial charge in [-0.2, -0.15) is 0 Å². The minimum absolute atomic E-state index is 0.0558. The van der Waals surface area contributed by atoms with Gasteiger partial charge in [0.1, 0.15) is 0 Å². The van der Waals surface area contributed by atoms with Crippen molar-refractivity contribution < 1.29 is 18.8 Å². The Bertz CT molecular complexity index is 518. The summed E-state index contributed by atoms with van der Waals surface area (Å²) in [6, 6.07) is 5.03. The van der Waals surface area contributed by atoms with E-state index in [-0.39, 0.29) is 18.2 Å². The molecule has 0 unspecified atom stereocenters. The highest BCUT2D eigenvalue weighted by Crippen LogP contribution is 2.21. The maximum absolute atomic E-state index is 12.2. The molecule has 2 rings (SSSR count). The van der Waals surface area contributed by atoms with Crippen LogP contribution in [0.15, 0.2) is 33.4 Å². The van der Waals surface area contributed by atoms with Gasteiger partial charge >= 0.3 is 0 Å². The van der Waals surface area contributed by atoms with Gasteiger partial charge in [0.05, 0.1) is 6.26 Å². The smallest absolute Gasteiger partial charge is 0.276 e. The maximum Gasteiger partial charge on any atom is 0.276 e. The Morgan fingerprint density at radius 2 is 2.32 bits per heavy atom. The lowest BCUT2D eigenvalue weighted by atomic mass is 10.2. The molecule has 19 heavy (non-hydrogen) atoms. The van der Waals surface area contributed by atoms with E-state index in [4.69, 9.17) is 14.0 Å². The number of hydrogen-bond acceptors (Lipinski definition) is 5. The minimum atomic E-state index is -0.211. The van der Waals surface area contributed by atoms with Crippen LogP contribution in [0.3, 0.4) is 0 Å². The van der Waals surface area contributed by atoms with Crippen LogP contribution in [-0.4, -0.2) is 40.8 Å². The zero-order chi connectivity index (χ0) is 13.7. The number of aliphatic hydroxyl groups excluding tert-OH is 1. The molecule has 0 saturated carbocycles. The van der Waals surface area contributed by atoms with Gasteiger partial charge in [-0.25, -0.2) is 0 Å². The van der Waals surface area contributed by atoms with Crippen LogP contribution in [0.5, 0.6) is 0 Å². The van der Waals surface area contributed by atoms with Crippen molar-refractivity contribution in [3.05, 3.63) is 30.2 Å². The molecule has 1 amide bonds. The Hall–Kier alpha value is -2.08. The van der Waals surface area contributed by atoms with Gasteiger partial charge in [0.25, 0.3) is 5.91 Å². The van der Waals surface area contributed by atoms with E-state index in [0.29, 0.717) is 31.0 Å². The predicted molar refractivity (Wildman–Crippen MR) is 67.5 cm³/mol. The Labute approximate surface area is 110 Å². The summed E-state index contributed by atoms with van der Waals surface area (Å²) in [7, 11) is 0. The molecule has 1 N–H and O–H groups in total. The van der Waals surface area contributed by atoms with Gasteiger partial charge in [0, 0.05) is 25.8 Å². The molecule has 0 aliphatic heterocycles. The fourth-order valence-corrected chi connectivity index (χ4v) is 1.74. The Morgan fingerprint density at radius 1 is 1.47 bits per heavy atom. The summed E-state index contributed by atoms with van der Waals surface area (Å²) in [5.74, 6) is 0.744. The summed E-state index contributed by atoms with van der Waals surface area (Å²) in [4.78, 5) is 13.8. The van der Waals surface area contributed by atoms with E-state index in [0.717, 1.165) is 0 Å². The number of carbonyl (C=O) groups is 1. The van der Waals surface area contributed by atoms with Crippen molar-refractivity contribution in [1.29, 1.82) is 0 Å². The Balaban J connectivity index is 2.11. The summed E-state index contributed by atoms with van der Waals surface area (Å²) >= 11 is 0. The molecule has 2 aromatic heterocycles. The molecule has 102 valence electrons. The molecule has 0 saturated heterocycles. The second-order valence-corrected chi connectivity index (χ2v) is 4.02. The van der Waals surface area contributed by atoms with Crippen LogP contribution < -0.4 is 0 Å². The number of furan rings is 1. The third kappa shape index (κ3) is 3.03. The molecule has 6 heteroatoms. The number of nitrogens with zero attached hydrogens (tertiary/aromatic N) is 2. The standard InChI is InChI=1S/C13H16N2O4/c1-2-15(6-4-7-16)13(17)10-9-12(19-14-10)11-5-3-8-18-11/h3,5,8-9,16H,2,4,6-7H2,1H3. The molecule has 0 aliphatic carbocycles. The number of rotatable bonds is 6. The fourth-order valence-electron chi connectivity index (χ4n) is 1.74. The average Bonchev–Trinajstić information content (AvgIpc) is 3.10. The van der Waals surface area contributed by atoms with Gasteiger partial charge in [0.15, 0.2) is 11.5 Å². The first-order valence-corrected chi connectivity index (χ1v) is 6.17. The van der Waals surface area contributed by atoms with Gasteiger partial charge in [-0.15, -0.1) is 0 Å². The molecule has 0 fully saturated rings. The highest BCUT2D eigenvalue weighted by molar-refractivity contribution is 5.93. The molecule has 0 bridgehead atoms. The summed E-state index contributed by atoms with van der Waals surface area (Å²) in [5, 5.41) is 12.6. The van der Waals surface area contributed by atoms with Crippen molar-refractivity contribution in [3.8, 4) is 11.5 Å². The van der Waals surface area contributed by atoms with Crippen molar-refractivity contribution in [2.24, 2.45) is 0 Å². The summed E-state index contributed by atoms with van der Waals surface area (Å²) in [6.45, 7) is 2.99.